The third kappa shape index (κ3) is 2.91. The van der Waals surface area contributed by atoms with Crippen LogP contribution in [0.5, 0.6) is 0 Å². The normalized spacial score (nSPS) is 11.9. The second-order valence-electron chi connectivity index (χ2n) is 3.60. The van der Waals surface area contributed by atoms with E-state index in [0.717, 1.165) is 12.1 Å². The number of nitrogens with zero attached hydrogens (tertiary/aromatic N) is 1. The first-order valence-electron chi connectivity index (χ1n) is 4.82. The van der Waals surface area contributed by atoms with Crippen molar-refractivity contribution < 1.29 is 13.9 Å². The Bertz CT molecular complexity index is 392. The molecule has 0 saturated heterocycles. The van der Waals surface area contributed by atoms with E-state index in [1.807, 2.05) is 0 Å². The minimum Gasteiger partial charge on any atom is -0.396 e. The number of nitrogens with one attached hydrogen (secondary N) is 1. The van der Waals surface area contributed by atoms with Crippen LogP contribution < -0.4 is 5.32 Å². The predicted octanol–water partition coefficient (Wildman–Crippen LogP) is 1.88. The molecule has 16 heavy (non-hydrogen) atoms. The number of hydrogen-bond donors (Lipinski definition) is 2. The number of aliphatic hydroxyl groups excluding tert-OH is 1. The molecule has 1 aromatic rings. The maximum Gasteiger partial charge on any atom is 0.150 e. The van der Waals surface area contributed by atoms with Gasteiger partial charge in [-0.15, -0.1) is 0 Å². The molecule has 1 rings (SSSR count). The standard InChI is InChI=1S/C11H12F2N2O/c1-7(6-16)5-15-11-9(12)2-8(4-14)3-10(11)13/h2-3,7,15-16H,5-6H2,1H3. The Labute approximate surface area is 92.3 Å². The number of rotatable bonds is 4. The van der Waals surface area contributed by atoms with Crippen molar-refractivity contribution in [2.45, 2.75) is 6.92 Å². The highest BCUT2D eigenvalue weighted by atomic mass is 19.1. The van der Waals surface area contributed by atoms with Gasteiger partial charge in [-0.2, -0.15) is 5.26 Å². The van der Waals surface area contributed by atoms with Gasteiger partial charge in [-0.1, -0.05) is 6.92 Å². The molecule has 1 aromatic carbocycles. The average molecular weight is 226 g/mol. The molecule has 0 aromatic heterocycles. The van der Waals surface area contributed by atoms with Gasteiger partial charge in [-0.05, 0) is 18.1 Å². The minimum absolute atomic E-state index is 0.0595. The molecule has 0 saturated carbocycles. The lowest BCUT2D eigenvalue weighted by Crippen LogP contribution is -2.16. The Morgan fingerprint density at radius 3 is 2.44 bits per heavy atom. The molecule has 0 bridgehead atoms. The maximum absolute atomic E-state index is 13.3. The summed E-state index contributed by atoms with van der Waals surface area (Å²) in [5, 5.41) is 19.8. The molecule has 2 N–H and O–H groups in total. The first-order valence-corrected chi connectivity index (χ1v) is 4.82. The number of nitriles is 1. The number of anilines is 1. The van der Waals surface area contributed by atoms with E-state index in [0.29, 0.717) is 0 Å². The monoisotopic (exact) mass is 226 g/mol. The van der Waals surface area contributed by atoms with Gasteiger partial charge in [0.05, 0.1) is 11.6 Å². The predicted molar refractivity (Wildman–Crippen MR) is 55.8 cm³/mol. The topological polar surface area (TPSA) is 56.0 Å². The lowest BCUT2D eigenvalue weighted by Gasteiger charge is -2.12. The van der Waals surface area contributed by atoms with E-state index < -0.39 is 11.6 Å². The number of halogens is 2. The summed E-state index contributed by atoms with van der Waals surface area (Å²) < 4.78 is 26.7. The molecule has 0 amide bonds. The molecular weight excluding hydrogens is 214 g/mol. The van der Waals surface area contributed by atoms with Gasteiger partial charge in [0.2, 0.25) is 0 Å². The molecule has 0 aliphatic carbocycles. The van der Waals surface area contributed by atoms with Crippen molar-refractivity contribution in [2.75, 3.05) is 18.5 Å². The van der Waals surface area contributed by atoms with Gasteiger partial charge in [-0.25, -0.2) is 8.78 Å². The lowest BCUT2D eigenvalue weighted by atomic mass is 10.1. The van der Waals surface area contributed by atoms with Crippen LogP contribution in [-0.2, 0) is 0 Å². The summed E-state index contributed by atoms with van der Waals surface area (Å²) in [5.41, 5.74) is -0.324. The number of benzene rings is 1. The molecule has 5 heteroatoms. The molecule has 3 nitrogen and oxygen atoms in total. The van der Waals surface area contributed by atoms with Gasteiger partial charge in [-0.3, -0.25) is 0 Å². The van der Waals surface area contributed by atoms with Crippen molar-refractivity contribution in [3.05, 3.63) is 29.3 Å². The Morgan fingerprint density at radius 2 is 2.00 bits per heavy atom. The lowest BCUT2D eigenvalue weighted by molar-refractivity contribution is 0.244. The highest BCUT2D eigenvalue weighted by Crippen LogP contribution is 2.20. The fourth-order valence-electron chi connectivity index (χ4n) is 1.15. The quantitative estimate of drug-likeness (QED) is 0.824. The van der Waals surface area contributed by atoms with Crippen LogP contribution in [0, 0.1) is 28.9 Å². The highest BCUT2D eigenvalue weighted by Gasteiger charge is 2.11. The van der Waals surface area contributed by atoms with Crippen LogP contribution >= 0.6 is 0 Å². The zero-order valence-corrected chi connectivity index (χ0v) is 8.80. The Balaban J connectivity index is 2.85. The summed E-state index contributed by atoms with van der Waals surface area (Å²) in [6.07, 6.45) is 0. The number of hydrogen-bond acceptors (Lipinski definition) is 3. The van der Waals surface area contributed by atoms with E-state index in [9.17, 15) is 8.78 Å². The third-order valence-electron chi connectivity index (χ3n) is 2.11. The smallest absolute Gasteiger partial charge is 0.150 e. The van der Waals surface area contributed by atoms with Crippen LogP contribution in [0.3, 0.4) is 0 Å². The summed E-state index contributed by atoms with van der Waals surface area (Å²) in [5.74, 6) is -1.71. The average Bonchev–Trinajstić information content (AvgIpc) is 2.27. The number of aliphatic hydroxyl groups is 1. The first-order chi connectivity index (χ1) is 7.58. The van der Waals surface area contributed by atoms with E-state index in [1.165, 1.54) is 0 Å². The SMILES string of the molecule is CC(CO)CNc1c(F)cc(C#N)cc1F. The molecule has 1 atom stereocenters. The van der Waals surface area contributed by atoms with Crippen LogP contribution in [0.25, 0.3) is 0 Å². The summed E-state index contributed by atoms with van der Waals surface area (Å²) in [4.78, 5) is 0. The molecule has 0 spiro atoms. The Morgan fingerprint density at radius 1 is 1.44 bits per heavy atom. The zero-order valence-electron chi connectivity index (χ0n) is 8.80. The van der Waals surface area contributed by atoms with Gasteiger partial charge in [0, 0.05) is 13.2 Å². The molecule has 0 fully saturated rings. The summed E-state index contributed by atoms with van der Waals surface area (Å²) in [7, 11) is 0. The van der Waals surface area contributed by atoms with Gasteiger partial charge >= 0.3 is 0 Å². The molecule has 0 aliphatic heterocycles. The Kier molecular flexibility index (Phi) is 4.20. The molecule has 0 aliphatic rings. The van der Waals surface area contributed by atoms with E-state index in [4.69, 9.17) is 10.4 Å². The van der Waals surface area contributed by atoms with E-state index in [1.54, 1.807) is 13.0 Å². The summed E-state index contributed by atoms with van der Waals surface area (Å²) in [6.45, 7) is 1.94. The second kappa shape index (κ2) is 5.42. The van der Waals surface area contributed by atoms with Gasteiger partial charge in [0.15, 0.2) is 11.6 Å². The van der Waals surface area contributed by atoms with Crippen molar-refractivity contribution in [1.82, 2.24) is 0 Å². The van der Waals surface area contributed by atoms with E-state index in [2.05, 4.69) is 5.32 Å². The summed E-state index contributed by atoms with van der Waals surface area (Å²) in [6, 6.07) is 3.60. The third-order valence-corrected chi connectivity index (χ3v) is 2.11. The second-order valence-corrected chi connectivity index (χ2v) is 3.60. The van der Waals surface area contributed by atoms with E-state index >= 15 is 0 Å². The summed E-state index contributed by atoms with van der Waals surface area (Å²) >= 11 is 0. The van der Waals surface area contributed by atoms with Crippen LogP contribution in [-0.4, -0.2) is 18.3 Å². The van der Waals surface area contributed by atoms with Crippen molar-refractivity contribution >= 4 is 5.69 Å². The highest BCUT2D eigenvalue weighted by molar-refractivity contribution is 5.50. The largest absolute Gasteiger partial charge is 0.396 e. The fourth-order valence-corrected chi connectivity index (χ4v) is 1.15. The van der Waals surface area contributed by atoms with Crippen LogP contribution in [0.4, 0.5) is 14.5 Å². The first kappa shape index (κ1) is 12.4. The van der Waals surface area contributed by atoms with Gasteiger partial charge in [0.1, 0.15) is 5.69 Å². The fraction of sp³-hybridized carbons (Fsp3) is 0.364. The van der Waals surface area contributed by atoms with Crippen molar-refractivity contribution in [1.29, 1.82) is 5.26 Å². The van der Waals surface area contributed by atoms with Crippen molar-refractivity contribution in [3.63, 3.8) is 0 Å². The molecule has 1 unspecified atom stereocenters. The van der Waals surface area contributed by atoms with Gasteiger partial charge < -0.3 is 10.4 Å². The van der Waals surface area contributed by atoms with Crippen molar-refractivity contribution in [2.24, 2.45) is 5.92 Å². The molecule has 0 heterocycles. The molecule has 86 valence electrons. The van der Waals surface area contributed by atoms with E-state index in [-0.39, 0.29) is 30.3 Å². The molecular formula is C11H12F2N2O. The van der Waals surface area contributed by atoms with Crippen LogP contribution in [0.1, 0.15) is 12.5 Å². The maximum atomic E-state index is 13.3. The minimum atomic E-state index is -0.804. The zero-order chi connectivity index (χ0) is 12.1. The Hall–Kier alpha value is -1.67. The van der Waals surface area contributed by atoms with Crippen molar-refractivity contribution in [3.8, 4) is 6.07 Å². The van der Waals surface area contributed by atoms with Crippen LogP contribution in [0.15, 0.2) is 12.1 Å². The molecule has 0 radical (unpaired) electrons. The van der Waals surface area contributed by atoms with Crippen LogP contribution in [0.2, 0.25) is 0 Å². The van der Waals surface area contributed by atoms with Gasteiger partial charge in [0.25, 0.3) is 0 Å².